The minimum absolute atomic E-state index is 0.204. The highest BCUT2D eigenvalue weighted by molar-refractivity contribution is 6.33. The lowest BCUT2D eigenvalue weighted by Gasteiger charge is -2.08. The molecule has 2 aromatic rings. The first-order valence-corrected chi connectivity index (χ1v) is 6.41. The maximum Gasteiger partial charge on any atom is 0.253 e. The number of anilines is 1. The van der Waals surface area contributed by atoms with Crippen molar-refractivity contribution in [1.82, 2.24) is 10.3 Å². The van der Waals surface area contributed by atoms with E-state index >= 15 is 0 Å². The van der Waals surface area contributed by atoms with Crippen LogP contribution < -0.4 is 15.8 Å². The van der Waals surface area contributed by atoms with Crippen molar-refractivity contribution < 1.29 is 9.53 Å². The summed E-state index contributed by atoms with van der Waals surface area (Å²) in [6.07, 6.45) is 1.38. The van der Waals surface area contributed by atoms with Gasteiger partial charge in [-0.05, 0) is 18.2 Å². The number of hydrogen-bond donors (Lipinski definition) is 2. The molecule has 1 heterocycles. The summed E-state index contributed by atoms with van der Waals surface area (Å²) in [5.74, 6) is 0.700. The maximum absolute atomic E-state index is 11.8. The third-order valence-electron chi connectivity index (χ3n) is 2.53. The molecule has 5 nitrogen and oxygen atoms in total. The number of hydrogen-bond acceptors (Lipinski definition) is 4. The lowest BCUT2D eigenvalue weighted by molar-refractivity contribution is 0.0946. The molecule has 1 aromatic carbocycles. The van der Waals surface area contributed by atoms with Crippen LogP contribution in [-0.4, -0.2) is 24.0 Å². The number of rotatable bonds is 5. The molecule has 0 spiro atoms. The van der Waals surface area contributed by atoms with E-state index in [2.05, 4.69) is 10.3 Å². The van der Waals surface area contributed by atoms with Crippen LogP contribution in [-0.2, 0) is 0 Å². The predicted octanol–water partition coefficient (Wildman–Crippen LogP) is 2.13. The summed E-state index contributed by atoms with van der Waals surface area (Å²) in [5, 5.41) is 2.97. The fourth-order valence-corrected chi connectivity index (χ4v) is 1.69. The largest absolute Gasteiger partial charge is 0.492 e. The number of carbonyl (C=O) groups is 1. The van der Waals surface area contributed by atoms with E-state index in [1.165, 1.54) is 12.3 Å². The summed E-state index contributed by atoms with van der Waals surface area (Å²) in [6.45, 7) is 0.765. The fraction of sp³-hybridized carbons (Fsp3) is 0.143. The highest BCUT2D eigenvalue weighted by Gasteiger charge is 2.08. The molecule has 0 aliphatic carbocycles. The second kappa shape index (κ2) is 6.77. The number of halogens is 1. The zero-order chi connectivity index (χ0) is 14.4. The average Bonchev–Trinajstić information content (AvgIpc) is 2.47. The maximum atomic E-state index is 11.8. The number of benzene rings is 1. The van der Waals surface area contributed by atoms with E-state index in [1.807, 2.05) is 30.3 Å². The van der Waals surface area contributed by atoms with Crippen molar-refractivity contribution >= 4 is 23.3 Å². The van der Waals surface area contributed by atoms with Gasteiger partial charge in [-0.2, -0.15) is 0 Å². The molecule has 3 N–H and O–H groups in total. The summed E-state index contributed by atoms with van der Waals surface area (Å²) in [5.41, 5.74) is 5.84. The summed E-state index contributed by atoms with van der Waals surface area (Å²) in [6, 6.07) is 10.9. The van der Waals surface area contributed by atoms with Gasteiger partial charge in [0.25, 0.3) is 5.91 Å². The zero-order valence-electron chi connectivity index (χ0n) is 10.7. The molecular formula is C14H14ClN3O2. The summed E-state index contributed by atoms with van der Waals surface area (Å²) in [7, 11) is 0. The second-order valence-corrected chi connectivity index (χ2v) is 4.42. The van der Waals surface area contributed by atoms with E-state index in [0.717, 1.165) is 5.75 Å². The van der Waals surface area contributed by atoms with Gasteiger partial charge in [-0.1, -0.05) is 29.8 Å². The third kappa shape index (κ3) is 3.86. The van der Waals surface area contributed by atoms with Gasteiger partial charge in [0.2, 0.25) is 0 Å². The topological polar surface area (TPSA) is 77.2 Å². The summed E-state index contributed by atoms with van der Waals surface area (Å²) < 4.78 is 5.46. The van der Waals surface area contributed by atoms with Crippen molar-refractivity contribution in [1.29, 1.82) is 0 Å². The van der Waals surface area contributed by atoms with Crippen LogP contribution in [0.15, 0.2) is 42.6 Å². The van der Waals surface area contributed by atoms with Crippen LogP contribution in [0.2, 0.25) is 5.02 Å². The molecule has 0 bridgehead atoms. The van der Waals surface area contributed by atoms with Gasteiger partial charge in [0.05, 0.1) is 17.1 Å². The first-order valence-electron chi connectivity index (χ1n) is 6.04. The van der Waals surface area contributed by atoms with Gasteiger partial charge >= 0.3 is 0 Å². The van der Waals surface area contributed by atoms with E-state index < -0.39 is 0 Å². The molecule has 0 radical (unpaired) electrons. The molecule has 0 unspecified atom stereocenters. The molecule has 104 valence electrons. The van der Waals surface area contributed by atoms with Crippen LogP contribution in [0.25, 0.3) is 0 Å². The number of aromatic nitrogens is 1. The Balaban J connectivity index is 1.79. The number of amides is 1. The van der Waals surface area contributed by atoms with Crippen LogP contribution in [0, 0.1) is 0 Å². The van der Waals surface area contributed by atoms with E-state index in [1.54, 1.807) is 0 Å². The number of ether oxygens (including phenoxy) is 1. The standard InChI is InChI=1S/C14H14ClN3O2/c15-12-8-10(9-18-13(12)16)14(19)17-6-7-20-11-4-2-1-3-5-11/h1-5,8-9H,6-7H2,(H2,16,18)(H,17,19). The Morgan fingerprint density at radius 1 is 1.35 bits per heavy atom. The van der Waals surface area contributed by atoms with Gasteiger partial charge in [-0.15, -0.1) is 0 Å². The predicted molar refractivity (Wildman–Crippen MR) is 77.9 cm³/mol. The molecule has 0 aliphatic heterocycles. The Morgan fingerprint density at radius 3 is 2.80 bits per heavy atom. The smallest absolute Gasteiger partial charge is 0.253 e. The fourth-order valence-electron chi connectivity index (χ4n) is 1.52. The van der Waals surface area contributed by atoms with E-state index in [4.69, 9.17) is 22.1 Å². The molecule has 1 amide bonds. The average molecular weight is 292 g/mol. The van der Waals surface area contributed by atoms with Crippen molar-refractivity contribution in [3.63, 3.8) is 0 Å². The number of nitrogens with zero attached hydrogens (tertiary/aromatic N) is 1. The third-order valence-corrected chi connectivity index (χ3v) is 2.83. The van der Waals surface area contributed by atoms with E-state index in [0.29, 0.717) is 18.7 Å². The molecule has 0 saturated carbocycles. The summed E-state index contributed by atoms with van der Waals surface area (Å²) >= 11 is 5.81. The second-order valence-electron chi connectivity index (χ2n) is 4.01. The van der Waals surface area contributed by atoms with Crippen molar-refractivity contribution in [2.24, 2.45) is 0 Å². The minimum Gasteiger partial charge on any atom is -0.492 e. The van der Waals surface area contributed by atoms with Gasteiger partial charge in [-0.25, -0.2) is 4.98 Å². The van der Waals surface area contributed by atoms with Gasteiger partial charge in [0.1, 0.15) is 18.2 Å². The van der Waals surface area contributed by atoms with Crippen LogP contribution in [0.1, 0.15) is 10.4 Å². The SMILES string of the molecule is Nc1ncc(C(=O)NCCOc2ccccc2)cc1Cl. The number of carbonyl (C=O) groups excluding carboxylic acids is 1. The lowest BCUT2D eigenvalue weighted by Crippen LogP contribution is -2.28. The minimum atomic E-state index is -0.268. The highest BCUT2D eigenvalue weighted by Crippen LogP contribution is 2.16. The molecule has 0 saturated heterocycles. The van der Waals surface area contributed by atoms with Gasteiger partial charge in [-0.3, -0.25) is 4.79 Å². The molecule has 20 heavy (non-hydrogen) atoms. The Hall–Kier alpha value is -2.27. The number of nitrogens with one attached hydrogen (secondary N) is 1. The van der Waals surface area contributed by atoms with Crippen LogP contribution in [0.3, 0.4) is 0 Å². The van der Waals surface area contributed by atoms with Crippen molar-refractivity contribution in [2.75, 3.05) is 18.9 Å². The van der Waals surface area contributed by atoms with Crippen molar-refractivity contribution in [3.05, 3.63) is 53.2 Å². The van der Waals surface area contributed by atoms with E-state index in [-0.39, 0.29) is 16.7 Å². The van der Waals surface area contributed by atoms with Crippen LogP contribution in [0.4, 0.5) is 5.82 Å². The van der Waals surface area contributed by atoms with Gasteiger partial charge < -0.3 is 15.8 Å². The monoisotopic (exact) mass is 291 g/mol. The Bertz CT molecular complexity index is 590. The Kier molecular flexibility index (Phi) is 4.79. The van der Waals surface area contributed by atoms with E-state index in [9.17, 15) is 4.79 Å². The Morgan fingerprint density at radius 2 is 2.10 bits per heavy atom. The van der Waals surface area contributed by atoms with Gasteiger partial charge in [0.15, 0.2) is 0 Å². The first kappa shape index (κ1) is 14.1. The molecule has 0 atom stereocenters. The normalized spacial score (nSPS) is 10.1. The molecule has 1 aromatic heterocycles. The molecule has 2 rings (SSSR count). The number of para-hydroxylation sites is 1. The number of nitrogens with two attached hydrogens (primary N) is 1. The molecular weight excluding hydrogens is 278 g/mol. The number of pyridine rings is 1. The summed E-state index contributed by atoms with van der Waals surface area (Å²) in [4.78, 5) is 15.6. The van der Waals surface area contributed by atoms with Crippen molar-refractivity contribution in [2.45, 2.75) is 0 Å². The molecule has 0 aliphatic rings. The van der Waals surface area contributed by atoms with Crippen LogP contribution in [0.5, 0.6) is 5.75 Å². The highest BCUT2D eigenvalue weighted by atomic mass is 35.5. The zero-order valence-corrected chi connectivity index (χ0v) is 11.4. The van der Waals surface area contributed by atoms with Crippen molar-refractivity contribution in [3.8, 4) is 5.75 Å². The molecule has 0 fully saturated rings. The van der Waals surface area contributed by atoms with Crippen LogP contribution >= 0.6 is 11.6 Å². The number of nitrogen functional groups attached to an aromatic ring is 1. The first-order chi connectivity index (χ1) is 9.66. The lowest BCUT2D eigenvalue weighted by atomic mass is 10.2. The quantitative estimate of drug-likeness (QED) is 0.827. The molecule has 6 heteroatoms. The Labute approximate surface area is 121 Å². The van der Waals surface area contributed by atoms with Gasteiger partial charge in [0, 0.05) is 6.20 Å².